The number of nitrogens with zero attached hydrogens (tertiary/aromatic N) is 1. The first-order valence-corrected chi connectivity index (χ1v) is 8.87. The quantitative estimate of drug-likeness (QED) is 0.915. The van der Waals surface area contributed by atoms with Crippen LogP contribution in [0.25, 0.3) is 0 Å². The molecule has 0 spiro atoms. The molecule has 0 unspecified atom stereocenters. The average molecular weight is 314 g/mol. The Hall–Kier alpha value is -1.68. The van der Waals surface area contributed by atoms with Gasteiger partial charge in [0.15, 0.2) is 0 Å². The molecule has 0 bridgehead atoms. The van der Waals surface area contributed by atoms with E-state index in [1.54, 1.807) is 17.5 Å². The van der Waals surface area contributed by atoms with Gasteiger partial charge >= 0.3 is 0 Å². The van der Waals surface area contributed by atoms with E-state index >= 15 is 0 Å². The first-order valence-electron chi connectivity index (χ1n) is 8.06. The van der Waals surface area contributed by atoms with Gasteiger partial charge in [0.1, 0.15) is 0 Å². The van der Waals surface area contributed by atoms with Crippen LogP contribution in [0.2, 0.25) is 0 Å². The SMILES string of the molecule is CC[C@H]1CCc2sc(C(=O)NCCc3ccccn3)cc2C1. The van der Waals surface area contributed by atoms with Crippen LogP contribution in [0.3, 0.4) is 0 Å². The van der Waals surface area contributed by atoms with Crippen molar-refractivity contribution in [2.24, 2.45) is 5.92 Å². The lowest BCUT2D eigenvalue weighted by Gasteiger charge is -2.19. The van der Waals surface area contributed by atoms with Crippen molar-refractivity contribution in [2.75, 3.05) is 6.54 Å². The van der Waals surface area contributed by atoms with Gasteiger partial charge in [0.25, 0.3) is 5.91 Å². The van der Waals surface area contributed by atoms with Crippen LogP contribution in [0.4, 0.5) is 0 Å². The molecule has 2 aromatic heterocycles. The van der Waals surface area contributed by atoms with E-state index in [2.05, 4.69) is 23.3 Å². The summed E-state index contributed by atoms with van der Waals surface area (Å²) in [6, 6.07) is 7.97. The van der Waals surface area contributed by atoms with Crippen molar-refractivity contribution in [1.29, 1.82) is 0 Å². The van der Waals surface area contributed by atoms with Crippen LogP contribution in [0.1, 0.15) is 45.6 Å². The second-order valence-corrected chi connectivity index (χ2v) is 7.04. The molecule has 0 saturated carbocycles. The van der Waals surface area contributed by atoms with E-state index in [-0.39, 0.29) is 5.91 Å². The first kappa shape index (κ1) is 15.2. The third-order valence-corrected chi connectivity index (χ3v) is 5.61. The van der Waals surface area contributed by atoms with Gasteiger partial charge in [-0.15, -0.1) is 11.3 Å². The van der Waals surface area contributed by atoms with Gasteiger partial charge in [-0.3, -0.25) is 9.78 Å². The fourth-order valence-corrected chi connectivity index (χ4v) is 4.12. The molecule has 0 aliphatic heterocycles. The molecular formula is C18H22N2OS. The lowest BCUT2D eigenvalue weighted by molar-refractivity contribution is 0.0958. The number of aromatic nitrogens is 1. The maximum Gasteiger partial charge on any atom is 0.261 e. The Bertz CT molecular complexity index is 636. The minimum Gasteiger partial charge on any atom is -0.351 e. The Morgan fingerprint density at radius 2 is 2.36 bits per heavy atom. The number of hydrogen-bond acceptors (Lipinski definition) is 3. The molecular weight excluding hydrogens is 292 g/mol. The van der Waals surface area contributed by atoms with E-state index in [1.165, 1.54) is 23.3 Å². The van der Waals surface area contributed by atoms with Gasteiger partial charge < -0.3 is 5.32 Å². The molecule has 3 nitrogen and oxygen atoms in total. The minimum absolute atomic E-state index is 0.0587. The number of rotatable bonds is 5. The van der Waals surface area contributed by atoms with E-state index in [9.17, 15) is 4.79 Å². The maximum absolute atomic E-state index is 12.3. The standard InChI is InChI=1S/C18H22N2OS/c1-2-13-6-7-16-14(11-13)12-17(22-16)18(21)20-10-8-15-5-3-4-9-19-15/h3-5,9,12-13H,2,6-8,10-11H2,1H3,(H,20,21)/t13-/m0/s1. The summed E-state index contributed by atoms with van der Waals surface area (Å²) in [6.45, 7) is 2.89. The molecule has 1 amide bonds. The van der Waals surface area contributed by atoms with Crippen molar-refractivity contribution in [3.8, 4) is 0 Å². The van der Waals surface area contributed by atoms with Crippen molar-refractivity contribution in [3.63, 3.8) is 0 Å². The smallest absolute Gasteiger partial charge is 0.261 e. The number of thiophene rings is 1. The molecule has 4 heteroatoms. The maximum atomic E-state index is 12.3. The normalized spacial score (nSPS) is 17.0. The van der Waals surface area contributed by atoms with Gasteiger partial charge in [0.05, 0.1) is 4.88 Å². The number of hydrogen-bond donors (Lipinski definition) is 1. The summed E-state index contributed by atoms with van der Waals surface area (Å²) < 4.78 is 0. The molecule has 1 aliphatic rings. The zero-order chi connectivity index (χ0) is 15.4. The van der Waals surface area contributed by atoms with E-state index in [4.69, 9.17) is 0 Å². The molecule has 2 heterocycles. The van der Waals surface area contributed by atoms with Crippen LogP contribution in [0.15, 0.2) is 30.5 Å². The molecule has 1 aliphatic carbocycles. The summed E-state index contributed by atoms with van der Waals surface area (Å²) in [6.07, 6.45) is 7.35. The van der Waals surface area contributed by atoms with Crippen LogP contribution in [-0.2, 0) is 19.3 Å². The van der Waals surface area contributed by atoms with Crippen LogP contribution in [-0.4, -0.2) is 17.4 Å². The third kappa shape index (κ3) is 3.55. The Labute approximate surface area is 135 Å². The van der Waals surface area contributed by atoms with Crippen molar-refractivity contribution in [3.05, 3.63) is 51.5 Å². The van der Waals surface area contributed by atoms with Crippen LogP contribution < -0.4 is 5.32 Å². The molecule has 1 atom stereocenters. The number of fused-ring (bicyclic) bond motifs is 1. The van der Waals surface area contributed by atoms with Crippen molar-refractivity contribution < 1.29 is 4.79 Å². The number of pyridine rings is 1. The summed E-state index contributed by atoms with van der Waals surface area (Å²) in [4.78, 5) is 18.8. The highest BCUT2D eigenvalue weighted by atomic mass is 32.1. The molecule has 0 radical (unpaired) electrons. The predicted octanol–water partition coefficient (Wildman–Crippen LogP) is 3.63. The Balaban J connectivity index is 1.56. The summed E-state index contributed by atoms with van der Waals surface area (Å²) in [5.41, 5.74) is 2.41. The summed E-state index contributed by atoms with van der Waals surface area (Å²) in [7, 11) is 0. The molecule has 2 aromatic rings. The molecule has 0 aromatic carbocycles. The zero-order valence-electron chi connectivity index (χ0n) is 13.0. The lowest BCUT2D eigenvalue weighted by Crippen LogP contribution is -2.25. The minimum atomic E-state index is 0.0587. The molecule has 3 rings (SSSR count). The number of carbonyl (C=O) groups is 1. The van der Waals surface area contributed by atoms with Crippen molar-refractivity contribution >= 4 is 17.2 Å². The fourth-order valence-electron chi connectivity index (χ4n) is 3.00. The average Bonchev–Trinajstić information content (AvgIpc) is 2.99. The number of nitrogens with one attached hydrogen (secondary N) is 1. The third-order valence-electron chi connectivity index (χ3n) is 4.38. The predicted molar refractivity (Wildman–Crippen MR) is 90.4 cm³/mol. The van der Waals surface area contributed by atoms with Gasteiger partial charge in [-0.25, -0.2) is 0 Å². The largest absolute Gasteiger partial charge is 0.351 e. The van der Waals surface area contributed by atoms with Crippen LogP contribution in [0, 0.1) is 5.92 Å². The summed E-state index contributed by atoms with van der Waals surface area (Å²) in [5, 5.41) is 3.01. The Morgan fingerprint density at radius 1 is 1.45 bits per heavy atom. The summed E-state index contributed by atoms with van der Waals surface area (Å²) in [5.74, 6) is 0.852. The number of amides is 1. The molecule has 1 N–H and O–H groups in total. The van der Waals surface area contributed by atoms with E-state index in [0.717, 1.165) is 35.8 Å². The van der Waals surface area contributed by atoms with Gasteiger partial charge in [-0.2, -0.15) is 0 Å². The number of carbonyl (C=O) groups excluding carboxylic acids is 1. The molecule has 0 saturated heterocycles. The van der Waals surface area contributed by atoms with Crippen molar-refractivity contribution in [2.45, 2.75) is 39.0 Å². The van der Waals surface area contributed by atoms with E-state index < -0.39 is 0 Å². The molecule has 0 fully saturated rings. The second-order valence-electron chi connectivity index (χ2n) is 5.90. The van der Waals surface area contributed by atoms with Crippen molar-refractivity contribution in [1.82, 2.24) is 10.3 Å². The van der Waals surface area contributed by atoms with Crippen LogP contribution in [0.5, 0.6) is 0 Å². The first-order chi connectivity index (χ1) is 10.8. The highest BCUT2D eigenvalue weighted by Gasteiger charge is 2.21. The monoisotopic (exact) mass is 314 g/mol. The van der Waals surface area contributed by atoms with Gasteiger partial charge in [-0.1, -0.05) is 19.4 Å². The summed E-state index contributed by atoms with van der Waals surface area (Å²) >= 11 is 1.67. The Morgan fingerprint density at radius 3 is 3.14 bits per heavy atom. The van der Waals surface area contributed by atoms with E-state index in [0.29, 0.717) is 6.54 Å². The highest BCUT2D eigenvalue weighted by Crippen LogP contribution is 2.33. The lowest BCUT2D eigenvalue weighted by atomic mass is 9.87. The Kier molecular flexibility index (Phi) is 4.88. The van der Waals surface area contributed by atoms with Gasteiger partial charge in [-0.05, 0) is 48.9 Å². The van der Waals surface area contributed by atoms with Gasteiger partial charge in [0, 0.05) is 29.7 Å². The topological polar surface area (TPSA) is 42.0 Å². The number of aryl methyl sites for hydroxylation is 1. The fraction of sp³-hybridized carbons (Fsp3) is 0.444. The molecule has 22 heavy (non-hydrogen) atoms. The second kappa shape index (κ2) is 7.05. The van der Waals surface area contributed by atoms with E-state index in [1.807, 2.05) is 18.2 Å². The highest BCUT2D eigenvalue weighted by molar-refractivity contribution is 7.14. The van der Waals surface area contributed by atoms with Crippen LogP contribution >= 0.6 is 11.3 Å². The molecule has 116 valence electrons. The zero-order valence-corrected chi connectivity index (χ0v) is 13.8. The van der Waals surface area contributed by atoms with Gasteiger partial charge in [0.2, 0.25) is 0 Å².